The van der Waals surface area contributed by atoms with Gasteiger partial charge < -0.3 is 4.74 Å². The molecular weight excluding hydrogens is 384 g/mol. The largest absolute Gasteiger partial charge is 0.421 e. The molecule has 1 heterocycles. The van der Waals surface area contributed by atoms with E-state index in [-0.39, 0.29) is 5.82 Å². The van der Waals surface area contributed by atoms with Gasteiger partial charge in [0.25, 0.3) is 0 Å². The number of benzene rings is 1. The predicted molar refractivity (Wildman–Crippen MR) is 128 cm³/mol. The number of ether oxygens (including phenoxy) is 1. The van der Waals surface area contributed by atoms with Crippen molar-refractivity contribution in [2.75, 3.05) is 0 Å². The molecule has 1 aromatic carbocycles. The van der Waals surface area contributed by atoms with Crippen LogP contribution in [-0.4, -0.2) is 15.9 Å². The number of esters is 1. The van der Waals surface area contributed by atoms with Crippen molar-refractivity contribution in [3.05, 3.63) is 53.6 Å². The summed E-state index contributed by atoms with van der Waals surface area (Å²) in [6.45, 7) is 6.69. The Hall–Kier alpha value is -2.23. The number of carbonyl (C=O) groups excluding carboxylic acids is 1. The van der Waals surface area contributed by atoms with Crippen molar-refractivity contribution in [2.24, 2.45) is 5.92 Å². The second kappa shape index (κ2) is 14.7. The predicted octanol–water partition coefficient (Wildman–Crippen LogP) is 7.36. The minimum Gasteiger partial charge on any atom is -0.421 e. The molecule has 0 aliphatic carbocycles. The van der Waals surface area contributed by atoms with E-state index < -0.39 is 5.97 Å². The lowest BCUT2D eigenvalue weighted by Crippen LogP contribution is -2.13. The first-order valence-corrected chi connectivity index (χ1v) is 12.2. The number of aryl methyl sites for hydroxylation is 1. The lowest BCUT2D eigenvalue weighted by molar-refractivity contribution is 0.0721. The third-order valence-electron chi connectivity index (χ3n) is 5.87. The van der Waals surface area contributed by atoms with Crippen molar-refractivity contribution in [2.45, 2.75) is 97.8 Å². The van der Waals surface area contributed by atoms with Gasteiger partial charge in [-0.1, -0.05) is 90.7 Å². The molecule has 2 rings (SSSR count). The maximum absolute atomic E-state index is 12.3. The highest BCUT2D eigenvalue weighted by atomic mass is 16.5. The van der Waals surface area contributed by atoms with Gasteiger partial charge in [0.05, 0.1) is 0 Å². The minimum absolute atomic E-state index is 0.111. The van der Waals surface area contributed by atoms with Crippen LogP contribution >= 0.6 is 0 Å². The number of nitrogens with zero attached hydrogens (tertiary/aromatic N) is 2. The van der Waals surface area contributed by atoms with E-state index in [4.69, 9.17) is 4.74 Å². The molecule has 0 amide bonds. The standard InChI is InChI=1S/C27H40N2O2/c1-4-6-7-8-9-10-11-12-13-14-24-20-28-26(29-21-24)27(30)31-25-17-15-23(16-18-25)19-22(3)5-2/h15-18,20-22H,4-14,19H2,1-3H3/t22-/m0/s1. The van der Waals surface area contributed by atoms with E-state index in [0.717, 1.165) is 31.2 Å². The highest BCUT2D eigenvalue weighted by Crippen LogP contribution is 2.17. The van der Waals surface area contributed by atoms with Gasteiger partial charge in [-0.2, -0.15) is 0 Å². The average molecular weight is 425 g/mol. The van der Waals surface area contributed by atoms with Crippen molar-refractivity contribution in [1.29, 1.82) is 0 Å². The molecule has 0 fully saturated rings. The van der Waals surface area contributed by atoms with Crippen LogP contribution in [-0.2, 0) is 12.8 Å². The number of hydrogen-bond donors (Lipinski definition) is 0. The normalized spacial score (nSPS) is 12.0. The van der Waals surface area contributed by atoms with Gasteiger partial charge in [0.1, 0.15) is 5.75 Å². The summed E-state index contributed by atoms with van der Waals surface area (Å²) >= 11 is 0. The van der Waals surface area contributed by atoms with Crippen molar-refractivity contribution < 1.29 is 9.53 Å². The SMILES string of the molecule is CCCCCCCCCCCc1cnc(C(=O)Oc2ccc(C[C@@H](C)CC)cc2)nc1. The zero-order valence-corrected chi connectivity index (χ0v) is 19.7. The van der Waals surface area contributed by atoms with Crippen LogP contribution in [0.2, 0.25) is 0 Å². The highest BCUT2D eigenvalue weighted by molar-refractivity contribution is 5.86. The molecule has 0 N–H and O–H groups in total. The van der Waals surface area contributed by atoms with Crippen LogP contribution < -0.4 is 4.74 Å². The Balaban J connectivity index is 1.68. The van der Waals surface area contributed by atoms with E-state index in [2.05, 4.69) is 30.7 Å². The molecule has 4 heteroatoms. The summed E-state index contributed by atoms with van der Waals surface area (Å²) in [5, 5.41) is 0. The van der Waals surface area contributed by atoms with Gasteiger partial charge in [0.15, 0.2) is 0 Å². The maximum atomic E-state index is 12.3. The van der Waals surface area contributed by atoms with Crippen LogP contribution in [0.15, 0.2) is 36.7 Å². The molecule has 4 nitrogen and oxygen atoms in total. The number of unbranched alkanes of at least 4 members (excludes halogenated alkanes) is 8. The zero-order chi connectivity index (χ0) is 22.3. The molecule has 0 bridgehead atoms. The van der Waals surface area contributed by atoms with Crippen LogP contribution in [0, 0.1) is 5.92 Å². The monoisotopic (exact) mass is 424 g/mol. The number of carbonyl (C=O) groups is 1. The van der Waals surface area contributed by atoms with Gasteiger partial charge in [0.2, 0.25) is 5.82 Å². The van der Waals surface area contributed by atoms with E-state index in [1.807, 2.05) is 24.3 Å². The molecule has 1 atom stereocenters. The first-order valence-electron chi connectivity index (χ1n) is 12.2. The molecule has 2 aromatic rings. The Bertz CT molecular complexity index is 741. The van der Waals surface area contributed by atoms with Crippen LogP contribution in [0.3, 0.4) is 0 Å². The fraction of sp³-hybridized carbons (Fsp3) is 0.593. The van der Waals surface area contributed by atoms with Crippen molar-refractivity contribution >= 4 is 5.97 Å². The molecule has 31 heavy (non-hydrogen) atoms. The summed E-state index contributed by atoms with van der Waals surface area (Å²) < 4.78 is 5.42. The van der Waals surface area contributed by atoms with Crippen molar-refractivity contribution in [3.63, 3.8) is 0 Å². The molecule has 0 saturated heterocycles. The van der Waals surface area contributed by atoms with Gasteiger partial charge in [-0.3, -0.25) is 0 Å². The average Bonchev–Trinajstić information content (AvgIpc) is 2.79. The van der Waals surface area contributed by atoms with E-state index in [9.17, 15) is 4.79 Å². The molecule has 0 unspecified atom stereocenters. The molecule has 0 aliphatic rings. The topological polar surface area (TPSA) is 52.1 Å². The lowest BCUT2D eigenvalue weighted by atomic mass is 9.99. The summed E-state index contributed by atoms with van der Waals surface area (Å²) in [4.78, 5) is 20.7. The molecule has 0 saturated carbocycles. The van der Waals surface area contributed by atoms with Crippen molar-refractivity contribution in [3.8, 4) is 5.75 Å². The molecule has 0 spiro atoms. The number of hydrogen-bond acceptors (Lipinski definition) is 4. The second-order valence-electron chi connectivity index (χ2n) is 8.74. The fourth-order valence-electron chi connectivity index (χ4n) is 3.62. The van der Waals surface area contributed by atoms with Gasteiger partial charge in [0, 0.05) is 12.4 Å². The minimum atomic E-state index is -0.510. The molecule has 0 aliphatic heterocycles. The zero-order valence-electron chi connectivity index (χ0n) is 19.7. The molecule has 0 radical (unpaired) electrons. The van der Waals surface area contributed by atoms with E-state index >= 15 is 0 Å². The number of rotatable bonds is 15. The molecular formula is C27H40N2O2. The first kappa shape index (κ1) is 25.0. The summed E-state index contributed by atoms with van der Waals surface area (Å²) in [6, 6.07) is 7.72. The quantitative estimate of drug-likeness (QED) is 0.170. The van der Waals surface area contributed by atoms with E-state index in [1.165, 1.54) is 56.9 Å². The van der Waals surface area contributed by atoms with Gasteiger partial charge in [-0.25, -0.2) is 14.8 Å². The summed E-state index contributed by atoms with van der Waals surface area (Å²) in [5.41, 5.74) is 2.33. The third-order valence-corrected chi connectivity index (χ3v) is 5.87. The third kappa shape index (κ3) is 10.1. The lowest BCUT2D eigenvalue weighted by Gasteiger charge is -2.09. The Morgan fingerprint density at radius 3 is 2.00 bits per heavy atom. The molecule has 1 aromatic heterocycles. The smallest absolute Gasteiger partial charge is 0.381 e. The Kier molecular flexibility index (Phi) is 11.9. The van der Waals surface area contributed by atoms with Gasteiger partial charge in [-0.15, -0.1) is 0 Å². The Labute approximate surface area is 188 Å². The van der Waals surface area contributed by atoms with Gasteiger partial charge >= 0.3 is 5.97 Å². The van der Waals surface area contributed by atoms with Crippen LogP contribution in [0.25, 0.3) is 0 Å². The Morgan fingerprint density at radius 1 is 0.839 bits per heavy atom. The van der Waals surface area contributed by atoms with Crippen LogP contribution in [0.1, 0.15) is 107 Å². The van der Waals surface area contributed by atoms with Crippen LogP contribution in [0.5, 0.6) is 5.75 Å². The Morgan fingerprint density at radius 2 is 1.42 bits per heavy atom. The second-order valence-corrected chi connectivity index (χ2v) is 8.74. The summed E-state index contributed by atoms with van der Waals surface area (Å²) in [6.07, 6.45) is 18.5. The number of aromatic nitrogens is 2. The molecule has 170 valence electrons. The summed E-state index contributed by atoms with van der Waals surface area (Å²) in [7, 11) is 0. The van der Waals surface area contributed by atoms with E-state index in [1.54, 1.807) is 12.4 Å². The van der Waals surface area contributed by atoms with Crippen molar-refractivity contribution in [1.82, 2.24) is 9.97 Å². The maximum Gasteiger partial charge on any atom is 0.381 e. The first-order chi connectivity index (χ1) is 15.1. The van der Waals surface area contributed by atoms with Gasteiger partial charge in [-0.05, 0) is 48.4 Å². The van der Waals surface area contributed by atoms with E-state index in [0.29, 0.717) is 11.7 Å². The highest BCUT2D eigenvalue weighted by Gasteiger charge is 2.12. The fourth-order valence-corrected chi connectivity index (χ4v) is 3.62. The van der Waals surface area contributed by atoms with Crippen LogP contribution in [0.4, 0.5) is 0 Å². The summed E-state index contributed by atoms with van der Waals surface area (Å²) in [5.74, 6) is 0.778.